The lowest BCUT2D eigenvalue weighted by Gasteiger charge is -2.28. The van der Waals surface area contributed by atoms with Gasteiger partial charge in [0.1, 0.15) is 6.10 Å². The summed E-state index contributed by atoms with van der Waals surface area (Å²) in [6.45, 7) is 5.84. The van der Waals surface area contributed by atoms with Crippen LogP contribution < -0.4 is 0 Å². The number of hydrogen-bond donors (Lipinski definition) is 0. The molecule has 0 aliphatic heterocycles. The molecule has 0 saturated heterocycles. The van der Waals surface area contributed by atoms with Gasteiger partial charge in [-0.3, -0.25) is 4.68 Å². The lowest BCUT2D eigenvalue weighted by Crippen LogP contribution is -2.42. The Morgan fingerprint density at radius 2 is 2.00 bits per heavy atom. The molecule has 0 bridgehead atoms. The van der Waals surface area contributed by atoms with E-state index in [-0.39, 0.29) is 11.6 Å². The highest BCUT2D eigenvalue weighted by molar-refractivity contribution is 4.84. The molecule has 1 fully saturated rings. The first-order valence-electron chi connectivity index (χ1n) is 7.45. The molecule has 0 aromatic carbocycles. The van der Waals surface area contributed by atoms with Crippen LogP contribution in [-0.4, -0.2) is 38.4 Å². The molecule has 118 valence electrons. The smallest absolute Gasteiger partial charge is 0.233 e. The quantitative estimate of drug-likeness (QED) is 0.486. The lowest BCUT2D eigenvalue weighted by molar-refractivity contribution is -0.720. The number of hydrogen-bond acceptors (Lipinski definition) is 4. The second-order valence-corrected chi connectivity index (χ2v) is 6.55. The van der Waals surface area contributed by atoms with Crippen molar-refractivity contribution in [3.05, 3.63) is 23.7 Å². The zero-order valence-electron chi connectivity index (χ0n) is 13.3. The van der Waals surface area contributed by atoms with Gasteiger partial charge in [0, 0.05) is 12.4 Å². The van der Waals surface area contributed by atoms with Gasteiger partial charge in [0.25, 0.3) is 0 Å². The molecule has 1 aliphatic rings. The Balaban J connectivity index is 1.81. The Morgan fingerprint density at radius 1 is 1.33 bits per heavy atom. The van der Waals surface area contributed by atoms with Crippen LogP contribution in [0.2, 0.25) is 0 Å². The lowest BCUT2D eigenvalue weighted by atomic mass is 9.93. The SMILES string of the molecule is CN(/[N+]([O-])=N/OC1CCC(n2cccn2)CC1)C(C)(C)C. The molecule has 21 heavy (non-hydrogen) atoms. The van der Waals surface area contributed by atoms with Crippen molar-refractivity contribution >= 4 is 0 Å². The number of rotatable bonds is 4. The summed E-state index contributed by atoms with van der Waals surface area (Å²) in [5, 5.41) is 21.3. The van der Waals surface area contributed by atoms with Crippen LogP contribution in [0.4, 0.5) is 0 Å². The van der Waals surface area contributed by atoms with E-state index in [2.05, 4.69) is 10.4 Å². The third kappa shape index (κ3) is 4.09. The summed E-state index contributed by atoms with van der Waals surface area (Å²) in [5.41, 5.74) is -0.285. The number of nitrogens with zero attached hydrogens (tertiary/aromatic N) is 5. The predicted octanol–water partition coefficient (Wildman–Crippen LogP) is 2.91. The molecule has 0 amide bonds. The second kappa shape index (κ2) is 6.32. The first kappa shape index (κ1) is 15.6. The zero-order valence-corrected chi connectivity index (χ0v) is 13.3. The van der Waals surface area contributed by atoms with Gasteiger partial charge < -0.3 is 10.0 Å². The molecule has 7 nitrogen and oxygen atoms in total. The van der Waals surface area contributed by atoms with Gasteiger partial charge in [-0.15, -0.1) is 5.01 Å². The molecule has 0 spiro atoms. The highest BCUT2D eigenvalue weighted by Gasteiger charge is 2.27. The minimum atomic E-state index is -0.285. The van der Waals surface area contributed by atoms with Crippen LogP contribution >= 0.6 is 0 Å². The van der Waals surface area contributed by atoms with E-state index in [4.69, 9.17) is 4.84 Å². The minimum absolute atomic E-state index is 0.0154. The van der Waals surface area contributed by atoms with Gasteiger partial charge in [0.15, 0.2) is 0 Å². The van der Waals surface area contributed by atoms with Crippen molar-refractivity contribution in [2.45, 2.75) is 64.1 Å². The zero-order chi connectivity index (χ0) is 15.5. The predicted molar refractivity (Wildman–Crippen MR) is 78.2 cm³/mol. The molecule has 1 saturated carbocycles. The van der Waals surface area contributed by atoms with Gasteiger partial charge >= 0.3 is 0 Å². The first-order valence-corrected chi connectivity index (χ1v) is 7.45. The van der Waals surface area contributed by atoms with Gasteiger partial charge in [0.05, 0.1) is 23.6 Å². The summed E-state index contributed by atoms with van der Waals surface area (Å²) >= 11 is 0. The van der Waals surface area contributed by atoms with Crippen LogP contribution in [0.5, 0.6) is 0 Å². The van der Waals surface area contributed by atoms with Crippen molar-refractivity contribution in [1.29, 1.82) is 0 Å². The van der Waals surface area contributed by atoms with Gasteiger partial charge in [-0.1, -0.05) is 0 Å². The summed E-state index contributed by atoms with van der Waals surface area (Å²) in [6.07, 6.45) is 7.58. The van der Waals surface area contributed by atoms with E-state index in [0.29, 0.717) is 11.0 Å². The summed E-state index contributed by atoms with van der Waals surface area (Å²) in [4.78, 5) is 5.92. The minimum Gasteiger partial charge on any atom is -0.569 e. The Hall–Kier alpha value is -1.79. The number of hydrazine groups is 1. The van der Waals surface area contributed by atoms with Crippen molar-refractivity contribution in [1.82, 2.24) is 14.8 Å². The van der Waals surface area contributed by atoms with Crippen LogP contribution in [0.15, 0.2) is 23.7 Å². The molecule has 1 aromatic rings. The van der Waals surface area contributed by atoms with E-state index in [9.17, 15) is 5.21 Å². The highest BCUT2D eigenvalue weighted by Crippen LogP contribution is 2.29. The topological polar surface area (TPSA) is 68.7 Å². The monoisotopic (exact) mass is 295 g/mol. The molecule has 0 atom stereocenters. The molecule has 1 aliphatic carbocycles. The van der Waals surface area contributed by atoms with Crippen molar-refractivity contribution in [2.75, 3.05) is 7.05 Å². The van der Waals surface area contributed by atoms with E-state index in [1.54, 1.807) is 13.2 Å². The molecule has 1 heterocycles. The maximum absolute atomic E-state index is 11.8. The fourth-order valence-electron chi connectivity index (χ4n) is 2.33. The van der Waals surface area contributed by atoms with E-state index >= 15 is 0 Å². The second-order valence-electron chi connectivity index (χ2n) is 6.55. The molecule has 0 unspecified atom stereocenters. The number of aromatic nitrogens is 2. The van der Waals surface area contributed by atoms with Crippen LogP contribution in [0, 0.1) is 5.21 Å². The maximum Gasteiger partial charge on any atom is 0.233 e. The Bertz CT molecular complexity index is 458. The molecule has 0 radical (unpaired) electrons. The van der Waals surface area contributed by atoms with Gasteiger partial charge in [0.2, 0.25) is 5.28 Å². The summed E-state index contributed by atoms with van der Waals surface area (Å²) in [6, 6.07) is 2.37. The van der Waals surface area contributed by atoms with E-state index in [1.165, 1.54) is 5.01 Å². The average Bonchev–Trinajstić information content (AvgIpc) is 2.97. The summed E-state index contributed by atoms with van der Waals surface area (Å²) in [7, 11) is 1.70. The average molecular weight is 295 g/mol. The highest BCUT2D eigenvalue weighted by atomic mass is 16.7. The van der Waals surface area contributed by atoms with Crippen LogP contribution in [0.1, 0.15) is 52.5 Å². The third-order valence-electron chi connectivity index (χ3n) is 4.04. The van der Waals surface area contributed by atoms with Crippen LogP contribution in [0.3, 0.4) is 0 Å². The van der Waals surface area contributed by atoms with E-state index in [0.717, 1.165) is 25.7 Å². The van der Waals surface area contributed by atoms with Crippen LogP contribution in [0.25, 0.3) is 0 Å². The molecule has 2 rings (SSSR count). The van der Waals surface area contributed by atoms with Crippen LogP contribution in [-0.2, 0) is 4.84 Å². The van der Waals surface area contributed by atoms with Crippen molar-refractivity contribution in [2.24, 2.45) is 5.28 Å². The molecular weight excluding hydrogens is 270 g/mol. The summed E-state index contributed by atoms with van der Waals surface area (Å²) < 4.78 is 2.00. The standard InChI is InChI=1S/C14H25N5O2/c1-14(2,3)17(4)19(20)16-21-13-8-6-12(7-9-13)18-11-5-10-15-18/h5,10-13H,6-9H2,1-4H3/b19-16-. The maximum atomic E-state index is 11.8. The fraction of sp³-hybridized carbons (Fsp3) is 0.786. The normalized spacial score (nSPS) is 23.9. The fourth-order valence-corrected chi connectivity index (χ4v) is 2.33. The van der Waals surface area contributed by atoms with Gasteiger partial charge in [-0.25, -0.2) is 0 Å². The van der Waals surface area contributed by atoms with E-state index in [1.807, 2.05) is 37.7 Å². The van der Waals surface area contributed by atoms with Crippen molar-refractivity contribution in [3.8, 4) is 0 Å². The van der Waals surface area contributed by atoms with Gasteiger partial charge in [-0.05, 0) is 52.5 Å². The molecular formula is C14H25N5O2. The van der Waals surface area contributed by atoms with Gasteiger partial charge in [-0.2, -0.15) is 5.10 Å². The Labute approximate surface area is 125 Å². The molecule has 1 aromatic heterocycles. The van der Waals surface area contributed by atoms with Crippen molar-refractivity contribution in [3.63, 3.8) is 0 Å². The summed E-state index contributed by atoms with van der Waals surface area (Å²) in [5.74, 6) is 0. The first-order chi connectivity index (χ1) is 9.88. The Kier molecular flexibility index (Phi) is 4.69. The van der Waals surface area contributed by atoms with Crippen molar-refractivity contribution < 1.29 is 9.81 Å². The van der Waals surface area contributed by atoms with E-state index < -0.39 is 0 Å². The third-order valence-corrected chi connectivity index (χ3v) is 4.04. The Morgan fingerprint density at radius 3 is 2.52 bits per heavy atom. The largest absolute Gasteiger partial charge is 0.569 e. The molecule has 0 N–H and O–H groups in total. The molecule has 7 heteroatoms.